The highest BCUT2D eigenvalue weighted by Gasteiger charge is 2.20. The molecule has 2 rings (SSSR count). The van der Waals surface area contributed by atoms with E-state index < -0.39 is 4.92 Å². The first kappa shape index (κ1) is 14.9. The highest BCUT2D eigenvalue weighted by Crippen LogP contribution is 2.37. The van der Waals surface area contributed by atoms with E-state index in [2.05, 4.69) is 25.9 Å². The lowest BCUT2D eigenvalue weighted by Crippen LogP contribution is -2.14. The molecule has 1 aromatic heterocycles. The van der Waals surface area contributed by atoms with Crippen molar-refractivity contribution in [1.82, 2.24) is 9.97 Å². The maximum absolute atomic E-state index is 11.0. The third kappa shape index (κ3) is 3.31. The molecule has 3 N–H and O–H groups in total. The fraction of sp³-hybridized carbons (Fsp3) is 0.0833. The normalized spacial score (nSPS) is 10.2. The second-order valence-corrected chi connectivity index (χ2v) is 4.89. The average Bonchev–Trinajstić information content (AvgIpc) is 2.40. The number of nitro groups is 1. The van der Waals surface area contributed by atoms with Gasteiger partial charge in [0.05, 0.1) is 9.40 Å². The van der Waals surface area contributed by atoms with Crippen LogP contribution in [-0.2, 0) is 0 Å². The second kappa shape index (κ2) is 5.83. The number of nitro benzene ring substituents is 1. The van der Waals surface area contributed by atoms with Gasteiger partial charge in [0.1, 0.15) is 11.5 Å². The molecule has 0 saturated carbocycles. The molecule has 0 fully saturated rings. The number of nitrogens with one attached hydrogen (secondary N) is 1. The summed E-state index contributed by atoms with van der Waals surface area (Å²) in [6, 6.07) is 5.83. The predicted octanol–water partition coefficient (Wildman–Crippen LogP) is 2.53. The van der Waals surface area contributed by atoms with Crippen LogP contribution in [0.5, 0.6) is 11.8 Å². The molecule has 0 radical (unpaired) electrons. The van der Waals surface area contributed by atoms with Crippen LogP contribution in [-0.4, -0.2) is 20.7 Å². The number of para-hydroxylation sites is 1. The van der Waals surface area contributed by atoms with Crippen LogP contribution in [0.15, 0.2) is 28.7 Å². The van der Waals surface area contributed by atoms with E-state index in [0.717, 1.165) is 0 Å². The number of aryl methyl sites for hydroxylation is 1. The smallest absolute Gasteiger partial charge is 0.323 e. The zero-order valence-electron chi connectivity index (χ0n) is 10.8. The van der Waals surface area contributed by atoms with Crippen LogP contribution in [0.1, 0.15) is 11.4 Å². The Hall–Kier alpha value is -2.55. The molecule has 0 spiro atoms. The minimum Gasteiger partial charge on any atom is -0.416 e. The molecule has 0 amide bonds. The number of nitrogens with two attached hydrogens (primary N) is 1. The number of amidine groups is 1. The van der Waals surface area contributed by atoms with Crippen LogP contribution < -0.4 is 10.5 Å². The number of nitrogens with zero attached hydrogens (tertiary/aromatic N) is 3. The molecular formula is C12H10BrN5O3. The summed E-state index contributed by atoms with van der Waals surface area (Å²) in [5, 5.41) is 18.4. The van der Waals surface area contributed by atoms with Gasteiger partial charge in [-0.05, 0) is 35.0 Å². The van der Waals surface area contributed by atoms with Gasteiger partial charge in [-0.25, -0.2) is 4.98 Å². The fourth-order valence-electron chi connectivity index (χ4n) is 1.56. The number of benzene rings is 1. The second-order valence-electron chi connectivity index (χ2n) is 4.04. The molecule has 0 aliphatic rings. The summed E-state index contributed by atoms with van der Waals surface area (Å²) >= 11 is 3.19. The lowest BCUT2D eigenvalue weighted by molar-refractivity contribution is -0.385. The molecule has 0 saturated heterocycles. The van der Waals surface area contributed by atoms with E-state index in [9.17, 15) is 10.1 Å². The minimum atomic E-state index is -0.568. The third-order valence-corrected chi connectivity index (χ3v) is 3.07. The van der Waals surface area contributed by atoms with Crippen molar-refractivity contribution in [2.75, 3.05) is 0 Å². The van der Waals surface area contributed by atoms with E-state index in [0.29, 0.717) is 10.2 Å². The number of hydrogen-bond donors (Lipinski definition) is 2. The van der Waals surface area contributed by atoms with Crippen molar-refractivity contribution in [2.24, 2.45) is 5.73 Å². The van der Waals surface area contributed by atoms with Gasteiger partial charge in [-0.15, -0.1) is 0 Å². The fourth-order valence-corrected chi connectivity index (χ4v) is 2.00. The van der Waals surface area contributed by atoms with Gasteiger partial charge in [-0.3, -0.25) is 15.5 Å². The first-order chi connectivity index (χ1) is 9.88. The number of rotatable bonds is 4. The Morgan fingerprint density at radius 2 is 2.19 bits per heavy atom. The number of ether oxygens (including phenoxy) is 1. The van der Waals surface area contributed by atoms with Crippen molar-refractivity contribution in [3.8, 4) is 11.8 Å². The van der Waals surface area contributed by atoms with Gasteiger partial charge in [0.25, 0.3) is 0 Å². The maximum Gasteiger partial charge on any atom is 0.323 e. The number of nitrogen functional groups attached to an aromatic ring is 1. The van der Waals surface area contributed by atoms with E-state index >= 15 is 0 Å². The summed E-state index contributed by atoms with van der Waals surface area (Å²) in [7, 11) is 0. The molecule has 0 aliphatic heterocycles. The van der Waals surface area contributed by atoms with Crippen LogP contribution >= 0.6 is 15.9 Å². The highest BCUT2D eigenvalue weighted by atomic mass is 79.9. The van der Waals surface area contributed by atoms with Crippen LogP contribution in [0.25, 0.3) is 0 Å². The Morgan fingerprint density at radius 3 is 2.81 bits per heavy atom. The summed E-state index contributed by atoms with van der Waals surface area (Å²) < 4.78 is 5.80. The van der Waals surface area contributed by atoms with Crippen LogP contribution in [0.4, 0.5) is 5.69 Å². The molecule has 21 heavy (non-hydrogen) atoms. The summed E-state index contributed by atoms with van der Waals surface area (Å²) in [6.07, 6.45) is 0. The molecule has 0 atom stereocenters. The van der Waals surface area contributed by atoms with Crippen molar-refractivity contribution >= 4 is 27.5 Å². The van der Waals surface area contributed by atoms with Gasteiger partial charge < -0.3 is 10.5 Å². The third-order valence-electron chi connectivity index (χ3n) is 2.45. The zero-order valence-corrected chi connectivity index (χ0v) is 12.4. The van der Waals surface area contributed by atoms with Crippen molar-refractivity contribution in [1.29, 1.82) is 5.41 Å². The number of hydrogen-bond acceptors (Lipinski definition) is 6. The number of aromatic nitrogens is 2. The highest BCUT2D eigenvalue weighted by molar-refractivity contribution is 9.10. The van der Waals surface area contributed by atoms with E-state index in [1.54, 1.807) is 13.0 Å². The van der Waals surface area contributed by atoms with Gasteiger partial charge in [0.15, 0.2) is 0 Å². The molecule has 0 bridgehead atoms. The monoisotopic (exact) mass is 351 g/mol. The van der Waals surface area contributed by atoms with Crippen molar-refractivity contribution in [2.45, 2.75) is 6.92 Å². The Bertz CT molecular complexity index is 735. The molecule has 9 heteroatoms. The largest absolute Gasteiger partial charge is 0.416 e. The van der Waals surface area contributed by atoms with Gasteiger partial charge in [0, 0.05) is 11.8 Å². The van der Waals surface area contributed by atoms with Crippen molar-refractivity contribution < 1.29 is 9.66 Å². The summed E-state index contributed by atoms with van der Waals surface area (Å²) in [5.41, 5.74) is 5.86. The van der Waals surface area contributed by atoms with E-state index in [1.807, 2.05) is 0 Å². The molecule has 1 aromatic carbocycles. The lowest BCUT2D eigenvalue weighted by atomic mass is 10.3. The number of halogens is 1. The molecule has 2 aromatic rings. The molecular weight excluding hydrogens is 342 g/mol. The lowest BCUT2D eigenvalue weighted by Gasteiger charge is -2.08. The van der Waals surface area contributed by atoms with Gasteiger partial charge in [-0.2, -0.15) is 4.98 Å². The first-order valence-corrected chi connectivity index (χ1v) is 6.48. The molecule has 1 heterocycles. The average molecular weight is 352 g/mol. The van der Waals surface area contributed by atoms with Crippen LogP contribution in [0.2, 0.25) is 0 Å². The molecule has 0 aliphatic carbocycles. The van der Waals surface area contributed by atoms with Gasteiger partial charge in [0.2, 0.25) is 5.75 Å². The summed E-state index contributed by atoms with van der Waals surface area (Å²) in [5.74, 6) is -0.255. The first-order valence-electron chi connectivity index (χ1n) is 5.69. The zero-order chi connectivity index (χ0) is 15.6. The Balaban J connectivity index is 2.48. The molecule has 108 valence electrons. The topological polar surface area (TPSA) is 128 Å². The van der Waals surface area contributed by atoms with E-state index in [-0.39, 0.29) is 29.0 Å². The van der Waals surface area contributed by atoms with Crippen LogP contribution in [0.3, 0.4) is 0 Å². The van der Waals surface area contributed by atoms with E-state index in [4.69, 9.17) is 15.9 Å². The summed E-state index contributed by atoms with van der Waals surface area (Å²) in [6.45, 7) is 1.68. The Kier molecular flexibility index (Phi) is 4.13. The SMILES string of the molecule is Cc1cc(C(=N)N)nc(Oc2c(Br)cccc2[N+](=O)[O-])n1. The van der Waals surface area contributed by atoms with Crippen LogP contribution in [0, 0.1) is 22.4 Å². The minimum absolute atomic E-state index is 0.0115. The summed E-state index contributed by atoms with van der Waals surface area (Å²) in [4.78, 5) is 18.4. The Labute approximate surface area is 127 Å². The standard InChI is InChI=1S/C12H10BrN5O3/c1-6-5-8(11(14)15)17-12(16-6)21-10-7(13)3-2-4-9(10)18(19)20/h2-5H,1H3,(H3,14,15). The molecule has 8 nitrogen and oxygen atoms in total. The van der Waals surface area contributed by atoms with Gasteiger partial charge >= 0.3 is 11.7 Å². The quantitative estimate of drug-likeness (QED) is 0.377. The maximum atomic E-state index is 11.0. The van der Waals surface area contributed by atoms with E-state index in [1.165, 1.54) is 18.2 Å². The molecule has 0 unspecified atom stereocenters. The Morgan fingerprint density at radius 1 is 1.48 bits per heavy atom. The van der Waals surface area contributed by atoms with Gasteiger partial charge in [-0.1, -0.05) is 6.07 Å². The predicted molar refractivity (Wildman–Crippen MR) is 78.7 cm³/mol. The van der Waals surface area contributed by atoms with Crippen molar-refractivity contribution in [3.05, 3.63) is 50.2 Å². The van der Waals surface area contributed by atoms with Crippen molar-refractivity contribution in [3.63, 3.8) is 0 Å².